The van der Waals surface area contributed by atoms with E-state index >= 15 is 0 Å². The molecule has 0 unspecified atom stereocenters. The second-order valence-corrected chi connectivity index (χ2v) is 8.43. The molecule has 2 aromatic carbocycles. The number of hydrogen-bond acceptors (Lipinski definition) is 6. The fraction of sp³-hybridized carbons (Fsp3) is 0.300. The zero-order chi connectivity index (χ0) is 21.6. The van der Waals surface area contributed by atoms with Gasteiger partial charge in [0.2, 0.25) is 10.0 Å². The van der Waals surface area contributed by atoms with E-state index in [4.69, 9.17) is 9.47 Å². The van der Waals surface area contributed by atoms with E-state index in [2.05, 4.69) is 15.4 Å². The number of methoxy groups -OCH3 is 1. The maximum Gasteiger partial charge on any atom is 0.411 e. The smallest absolute Gasteiger partial charge is 0.411 e. The van der Waals surface area contributed by atoms with Gasteiger partial charge in [0.15, 0.2) is 0 Å². The lowest BCUT2D eigenvalue weighted by Crippen LogP contribution is -2.26. The molecule has 0 aliphatic heterocycles. The monoisotopic (exact) mass is 433 g/mol. The minimum absolute atomic E-state index is 0.0242. The number of hydrogen-bond donors (Lipinski definition) is 3. The largest absolute Gasteiger partial charge is 0.447 e. The Hall–Kier alpha value is -2.95. The van der Waals surface area contributed by atoms with Crippen molar-refractivity contribution >= 4 is 33.4 Å². The van der Waals surface area contributed by atoms with Crippen molar-refractivity contribution in [1.29, 1.82) is 0 Å². The predicted molar refractivity (Wildman–Crippen MR) is 111 cm³/mol. The van der Waals surface area contributed by atoms with Crippen LogP contribution in [0.2, 0.25) is 0 Å². The summed E-state index contributed by atoms with van der Waals surface area (Å²) in [4.78, 5) is 24.3. The summed E-state index contributed by atoms with van der Waals surface area (Å²) in [5.74, 6) is -0.474. The molecule has 9 nitrogen and oxygen atoms in total. The van der Waals surface area contributed by atoms with Crippen LogP contribution in [0.25, 0.3) is 0 Å². The number of carbonyl (C=O) groups is 2. The number of nitrogens with one attached hydrogen (secondary N) is 3. The molecule has 0 bridgehead atoms. The maximum absolute atomic E-state index is 12.6. The SMILES string of the molecule is COCCOC(=O)Nc1cccc(NC(=O)c2cccc(S(=O)(=O)NC3CC3)c2)c1. The number of anilines is 2. The first-order valence-electron chi connectivity index (χ1n) is 9.34. The van der Waals surface area contributed by atoms with Gasteiger partial charge < -0.3 is 14.8 Å². The van der Waals surface area contributed by atoms with Gasteiger partial charge in [0.1, 0.15) is 6.61 Å². The zero-order valence-electron chi connectivity index (χ0n) is 16.4. The van der Waals surface area contributed by atoms with Crippen molar-refractivity contribution in [2.24, 2.45) is 0 Å². The number of benzene rings is 2. The molecule has 0 radical (unpaired) electrons. The van der Waals surface area contributed by atoms with Crippen molar-refractivity contribution in [3.63, 3.8) is 0 Å². The third-order valence-electron chi connectivity index (χ3n) is 4.19. The number of carbonyl (C=O) groups excluding carboxylic acids is 2. The highest BCUT2D eigenvalue weighted by atomic mass is 32.2. The molecule has 0 aromatic heterocycles. The molecule has 160 valence electrons. The van der Waals surface area contributed by atoms with Gasteiger partial charge in [-0.3, -0.25) is 10.1 Å². The summed E-state index contributed by atoms with van der Waals surface area (Å²) < 4.78 is 37.0. The van der Waals surface area contributed by atoms with Crippen LogP contribution >= 0.6 is 0 Å². The van der Waals surface area contributed by atoms with Crippen LogP contribution in [0.1, 0.15) is 23.2 Å². The molecule has 10 heteroatoms. The Balaban J connectivity index is 1.64. The second-order valence-electron chi connectivity index (χ2n) is 6.71. The van der Waals surface area contributed by atoms with Crippen LogP contribution in [-0.2, 0) is 19.5 Å². The highest BCUT2D eigenvalue weighted by Crippen LogP contribution is 2.23. The Morgan fingerprint density at radius 1 is 1.00 bits per heavy atom. The molecule has 0 spiro atoms. The van der Waals surface area contributed by atoms with E-state index in [9.17, 15) is 18.0 Å². The normalized spacial score (nSPS) is 13.5. The minimum Gasteiger partial charge on any atom is -0.447 e. The average Bonchev–Trinajstić information content (AvgIpc) is 3.52. The van der Waals surface area contributed by atoms with Gasteiger partial charge in [-0.2, -0.15) is 0 Å². The summed E-state index contributed by atoms with van der Waals surface area (Å²) in [7, 11) is -2.15. The predicted octanol–water partition coefficient (Wildman–Crippen LogP) is 2.57. The Morgan fingerprint density at radius 3 is 2.40 bits per heavy atom. The molecule has 2 aromatic rings. The van der Waals surface area contributed by atoms with Gasteiger partial charge >= 0.3 is 6.09 Å². The van der Waals surface area contributed by atoms with Crippen LogP contribution in [0.15, 0.2) is 53.4 Å². The van der Waals surface area contributed by atoms with Crippen molar-refractivity contribution in [2.75, 3.05) is 31.0 Å². The highest BCUT2D eigenvalue weighted by molar-refractivity contribution is 7.89. The van der Waals surface area contributed by atoms with Crippen LogP contribution in [0.4, 0.5) is 16.2 Å². The third kappa shape index (κ3) is 6.28. The van der Waals surface area contributed by atoms with Crippen molar-refractivity contribution in [2.45, 2.75) is 23.8 Å². The molecule has 2 amide bonds. The van der Waals surface area contributed by atoms with E-state index in [-0.39, 0.29) is 29.7 Å². The van der Waals surface area contributed by atoms with E-state index in [1.54, 1.807) is 24.3 Å². The van der Waals surface area contributed by atoms with Crippen molar-refractivity contribution in [3.05, 3.63) is 54.1 Å². The quantitative estimate of drug-likeness (QED) is 0.523. The molecule has 0 saturated heterocycles. The van der Waals surface area contributed by atoms with E-state index in [1.807, 2.05) is 0 Å². The zero-order valence-corrected chi connectivity index (χ0v) is 17.2. The summed E-state index contributed by atoms with van der Waals surface area (Å²) >= 11 is 0. The summed E-state index contributed by atoms with van der Waals surface area (Å²) in [6.45, 7) is 0.405. The molecular weight excluding hydrogens is 410 g/mol. The fourth-order valence-electron chi connectivity index (χ4n) is 2.54. The third-order valence-corrected chi connectivity index (χ3v) is 5.71. The van der Waals surface area contributed by atoms with E-state index in [1.165, 1.54) is 31.4 Å². The number of sulfonamides is 1. The first-order valence-corrected chi connectivity index (χ1v) is 10.8. The topological polar surface area (TPSA) is 123 Å². The lowest BCUT2D eigenvalue weighted by molar-refractivity contribution is 0.102. The van der Waals surface area contributed by atoms with Crippen LogP contribution in [0, 0.1) is 0 Å². The van der Waals surface area contributed by atoms with Crippen LogP contribution in [0.5, 0.6) is 0 Å². The van der Waals surface area contributed by atoms with E-state index < -0.39 is 22.0 Å². The molecule has 30 heavy (non-hydrogen) atoms. The molecule has 1 aliphatic carbocycles. The van der Waals surface area contributed by atoms with Crippen LogP contribution in [0.3, 0.4) is 0 Å². The molecule has 1 saturated carbocycles. The molecule has 3 N–H and O–H groups in total. The first-order chi connectivity index (χ1) is 14.4. The fourth-order valence-corrected chi connectivity index (χ4v) is 3.89. The van der Waals surface area contributed by atoms with Crippen molar-refractivity contribution < 1.29 is 27.5 Å². The second kappa shape index (κ2) is 9.70. The van der Waals surface area contributed by atoms with Gasteiger partial charge in [-0.05, 0) is 49.2 Å². The lowest BCUT2D eigenvalue weighted by atomic mass is 10.2. The molecular formula is C20H23N3O6S. The summed E-state index contributed by atoms with van der Waals surface area (Å²) in [5.41, 5.74) is 1.06. The first kappa shape index (κ1) is 21.8. The molecule has 1 fully saturated rings. The van der Waals surface area contributed by atoms with E-state index in [0.717, 1.165) is 12.8 Å². The highest BCUT2D eigenvalue weighted by Gasteiger charge is 2.28. The number of amides is 2. The van der Waals surface area contributed by atoms with Crippen LogP contribution < -0.4 is 15.4 Å². The van der Waals surface area contributed by atoms with Gasteiger partial charge in [0, 0.05) is 30.1 Å². The summed E-state index contributed by atoms with van der Waals surface area (Å²) in [6, 6.07) is 12.3. The molecule has 0 heterocycles. The molecule has 1 aliphatic rings. The van der Waals surface area contributed by atoms with Gasteiger partial charge in [-0.15, -0.1) is 0 Å². The standard InChI is InChI=1S/C20H23N3O6S/c1-28-10-11-29-20(25)22-17-6-3-5-16(13-17)21-19(24)14-4-2-7-18(12-14)30(26,27)23-15-8-9-15/h2-7,12-13,15,23H,8-11H2,1H3,(H,21,24)(H,22,25). The Bertz CT molecular complexity index is 1020. The Kier molecular flexibility index (Phi) is 7.03. The van der Waals surface area contributed by atoms with Crippen LogP contribution in [-0.4, -0.2) is 46.8 Å². The Labute approximate surface area is 174 Å². The summed E-state index contributed by atoms with van der Waals surface area (Å²) in [6.07, 6.45) is 1.00. The average molecular weight is 433 g/mol. The summed E-state index contributed by atoms with van der Waals surface area (Å²) in [5, 5.41) is 5.24. The van der Waals surface area contributed by atoms with Gasteiger partial charge in [-0.1, -0.05) is 12.1 Å². The number of rotatable bonds is 9. The maximum atomic E-state index is 12.6. The van der Waals surface area contributed by atoms with Crippen molar-refractivity contribution in [1.82, 2.24) is 4.72 Å². The van der Waals surface area contributed by atoms with Gasteiger partial charge in [0.05, 0.1) is 11.5 Å². The lowest BCUT2D eigenvalue weighted by Gasteiger charge is -2.10. The molecule has 3 rings (SSSR count). The van der Waals surface area contributed by atoms with Gasteiger partial charge in [0.25, 0.3) is 5.91 Å². The molecule has 0 atom stereocenters. The van der Waals surface area contributed by atoms with E-state index in [0.29, 0.717) is 11.4 Å². The van der Waals surface area contributed by atoms with Gasteiger partial charge in [-0.25, -0.2) is 17.9 Å². The number of ether oxygens (including phenoxy) is 2. The van der Waals surface area contributed by atoms with Crippen molar-refractivity contribution in [3.8, 4) is 0 Å². The Morgan fingerprint density at radius 2 is 1.70 bits per heavy atom. The minimum atomic E-state index is -3.66.